The van der Waals surface area contributed by atoms with Crippen molar-refractivity contribution in [3.8, 4) is 0 Å². The van der Waals surface area contributed by atoms with E-state index in [9.17, 15) is 29.1 Å². The molecule has 12 heteroatoms. The molecule has 4 saturated carbocycles. The second-order valence-electron chi connectivity index (χ2n) is 17.4. The van der Waals surface area contributed by atoms with E-state index in [2.05, 4.69) is 10.3 Å². The number of aliphatic hydroxyl groups is 1. The smallest absolute Gasteiger partial charge is 0.310 e. The summed E-state index contributed by atoms with van der Waals surface area (Å²) < 4.78 is 28.3. The Balaban J connectivity index is 0.814. The van der Waals surface area contributed by atoms with Crippen LogP contribution in [0, 0.1) is 40.4 Å². The Morgan fingerprint density at radius 3 is 2.50 bits per heavy atom. The van der Waals surface area contributed by atoms with Gasteiger partial charge >= 0.3 is 11.9 Å². The first-order valence-electron chi connectivity index (χ1n) is 20.4. The van der Waals surface area contributed by atoms with Crippen LogP contribution < -0.4 is 11.1 Å². The van der Waals surface area contributed by atoms with E-state index in [-0.39, 0.29) is 42.8 Å². The van der Waals surface area contributed by atoms with E-state index in [0.717, 1.165) is 16.3 Å². The summed E-state index contributed by atoms with van der Waals surface area (Å²) in [6, 6.07) is 14.7. The molecule has 11 nitrogen and oxygen atoms in total. The molecule has 1 heterocycles. The van der Waals surface area contributed by atoms with Crippen LogP contribution in [0.2, 0.25) is 0 Å². The van der Waals surface area contributed by atoms with E-state index >= 15 is 4.39 Å². The van der Waals surface area contributed by atoms with Gasteiger partial charge in [0.1, 0.15) is 13.2 Å². The number of carbonyl (C=O) groups excluding carboxylic acids is 5. The summed E-state index contributed by atoms with van der Waals surface area (Å²) in [6.45, 7) is 3.57. The summed E-state index contributed by atoms with van der Waals surface area (Å²) in [7, 11) is 0. The number of aromatic nitrogens is 1. The fourth-order valence-electron chi connectivity index (χ4n) is 10.9. The van der Waals surface area contributed by atoms with Gasteiger partial charge in [0.2, 0.25) is 5.91 Å². The van der Waals surface area contributed by atoms with Gasteiger partial charge < -0.3 is 25.6 Å². The lowest BCUT2D eigenvalue weighted by Crippen LogP contribution is -2.66. The van der Waals surface area contributed by atoms with Crippen molar-refractivity contribution in [3.63, 3.8) is 0 Å². The average molecular weight is 792 g/mol. The summed E-state index contributed by atoms with van der Waals surface area (Å²) in [4.78, 5) is 69.1. The number of benzene rings is 2. The molecule has 3 aromatic rings. The van der Waals surface area contributed by atoms with E-state index in [1.807, 2.05) is 43.3 Å². The highest BCUT2D eigenvalue weighted by Crippen LogP contribution is 2.69. The van der Waals surface area contributed by atoms with Crippen LogP contribution in [0.1, 0.15) is 75.8 Å². The number of nitrogens with two attached hydrogens (primary N) is 1. The minimum absolute atomic E-state index is 0.0187. The number of anilines is 1. The molecule has 1 aromatic heterocycles. The number of aliphatic hydroxyl groups excluding tert-OH is 1. The summed E-state index contributed by atoms with van der Waals surface area (Å²) in [6.07, 6.45) is 9.60. The zero-order chi connectivity index (χ0) is 41.0. The molecule has 5 aliphatic rings. The van der Waals surface area contributed by atoms with Crippen molar-refractivity contribution < 1.29 is 42.9 Å². The van der Waals surface area contributed by atoms with Gasteiger partial charge in [-0.3, -0.25) is 29.0 Å². The fourth-order valence-corrected chi connectivity index (χ4v) is 10.9. The minimum Gasteiger partial charge on any atom is -0.461 e. The van der Waals surface area contributed by atoms with Gasteiger partial charge in [0.05, 0.1) is 23.9 Å². The van der Waals surface area contributed by atoms with Crippen LogP contribution >= 0.6 is 0 Å². The molecule has 2 aromatic carbocycles. The predicted molar refractivity (Wildman–Crippen MR) is 212 cm³/mol. The van der Waals surface area contributed by atoms with Gasteiger partial charge in [0.15, 0.2) is 17.2 Å². The van der Waals surface area contributed by atoms with Gasteiger partial charge in [-0.05, 0) is 117 Å². The van der Waals surface area contributed by atoms with Gasteiger partial charge in [0, 0.05) is 40.7 Å². The third-order valence-electron chi connectivity index (χ3n) is 14.2. The van der Waals surface area contributed by atoms with Crippen LogP contribution in [0.25, 0.3) is 10.8 Å². The Labute approximate surface area is 336 Å². The van der Waals surface area contributed by atoms with Crippen molar-refractivity contribution >= 4 is 45.9 Å². The van der Waals surface area contributed by atoms with Crippen molar-refractivity contribution in [2.75, 3.05) is 18.5 Å². The maximum absolute atomic E-state index is 17.3. The molecule has 0 spiro atoms. The molecule has 58 heavy (non-hydrogen) atoms. The van der Waals surface area contributed by atoms with E-state index in [1.54, 1.807) is 37.5 Å². The SMILES string of the molecule is C[C@]12C[C@H](O)[C@@]3(F)[C@@H](CCC4=CC(=O)C=C[C@@]43C)[C@@H]1CC[C@@H]2C(=O)COC(=O)C1CC1C(=O)OCc1ccc(C(CCN)C(=O)Nc2ccc3cnccc3c2)cc1. The van der Waals surface area contributed by atoms with Crippen molar-refractivity contribution in [1.82, 2.24) is 4.98 Å². The molecule has 4 fully saturated rings. The number of ether oxygens (including phenoxy) is 2. The lowest BCUT2D eigenvalue weighted by Gasteiger charge is -2.62. The van der Waals surface area contributed by atoms with Crippen LogP contribution in [0.15, 0.2) is 84.7 Å². The molecule has 304 valence electrons. The standard InChI is InChI=1S/C46H50FN3O8/c1-44-22-40(53)46(47)37(10-8-30-20-32(51)13-16-45(30,46)2)36(44)11-12-38(44)39(52)25-58-43(56)35-21-34(35)42(55)57-24-26-3-5-27(6-4-26)33(14-17-48)41(54)50-31-9-7-29-23-49-18-15-28(29)19-31/h3-7,9,13,15-16,18-20,23,33-38,40,53H,8,10-12,14,17,21-22,24-25,48H2,1-2H3,(H,50,54)/t33?,34?,35?,36-,37-,38+,40-,44-,45-,46-/m0/s1. The quantitative estimate of drug-likeness (QED) is 0.182. The number of carbonyl (C=O) groups is 5. The van der Waals surface area contributed by atoms with Gasteiger partial charge in [-0.25, -0.2) is 4.39 Å². The lowest BCUT2D eigenvalue weighted by molar-refractivity contribution is -0.196. The number of ketones is 2. The monoisotopic (exact) mass is 791 g/mol. The number of fused-ring (bicyclic) bond motifs is 6. The number of hydrogen-bond acceptors (Lipinski definition) is 10. The average Bonchev–Trinajstić information content (AvgIpc) is 3.95. The van der Waals surface area contributed by atoms with Crippen LogP contribution in [0.3, 0.4) is 0 Å². The number of allylic oxidation sites excluding steroid dienone is 4. The molecule has 0 aliphatic heterocycles. The van der Waals surface area contributed by atoms with E-state index < -0.39 is 70.7 Å². The second kappa shape index (κ2) is 15.3. The van der Waals surface area contributed by atoms with Crippen LogP contribution in [0.5, 0.6) is 0 Å². The third kappa shape index (κ3) is 6.87. The predicted octanol–water partition coefficient (Wildman–Crippen LogP) is 6.08. The van der Waals surface area contributed by atoms with Gasteiger partial charge in [0.25, 0.3) is 0 Å². The molecule has 4 N–H and O–H groups in total. The summed E-state index contributed by atoms with van der Waals surface area (Å²) in [5.74, 6) is -4.78. The Morgan fingerprint density at radius 1 is 0.983 bits per heavy atom. The van der Waals surface area contributed by atoms with E-state index in [0.29, 0.717) is 55.5 Å². The Kier molecular flexibility index (Phi) is 10.5. The molecular formula is C46H50FN3O8. The Bertz CT molecular complexity index is 2220. The number of alkyl halides is 1. The third-order valence-corrected chi connectivity index (χ3v) is 14.2. The number of halogens is 1. The molecule has 0 bridgehead atoms. The number of nitrogens with one attached hydrogen (secondary N) is 1. The number of pyridine rings is 1. The van der Waals surface area contributed by atoms with Gasteiger partial charge in [-0.15, -0.1) is 0 Å². The van der Waals surface area contributed by atoms with Crippen LogP contribution in [0.4, 0.5) is 10.1 Å². The maximum Gasteiger partial charge on any atom is 0.310 e. The normalized spacial score (nSPS) is 32.6. The van der Waals surface area contributed by atoms with Gasteiger partial charge in [-0.1, -0.05) is 48.9 Å². The van der Waals surface area contributed by atoms with E-state index in [4.69, 9.17) is 15.2 Å². The molecular weight excluding hydrogens is 742 g/mol. The number of rotatable bonds is 12. The number of hydrogen-bond donors (Lipinski definition) is 3. The zero-order valence-electron chi connectivity index (χ0n) is 32.8. The largest absolute Gasteiger partial charge is 0.461 e. The van der Waals surface area contributed by atoms with Crippen molar-refractivity contribution in [2.24, 2.45) is 46.2 Å². The second-order valence-corrected chi connectivity index (χ2v) is 17.4. The number of amides is 1. The van der Waals surface area contributed by atoms with Crippen molar-refractivity contribution in [1.29, 1.82) is 0 Å². The lowest BCUT2D eigenvalue weighted by atomic mass is 9.45. The number of nitrogens with zero attached hydrogens (tertiary/aromatic N) is 1. The molecule has 5 aliphatic carbocycles. The first-order chi connectivity index (χ1) is 27.8. The molecule has 0 radical (unpaired) electrons. The summed E-state index contributed by atoms with van der Waals surface area (Å²) in [5.41, 5.74) is 5.00. The minimum atomic E-state index is -1.97. The maximum atomic E-state index is 17.3. The fraction of sp³-hybridized carbons (Fsp3) is 0.478. The van der Waals surface area contributed by atoms with Crippen molar-refractivity contribution in [2.45, 2.75) is 83.1 Å². The van der Waals surface area contributed by atoms with Crippen LogP contribution in [-0.2, 0) is 40.1 Å². The molecule has 8 rings (SSSR count). The first kappa shape index (κ1) is 39.7. The molecule has 3 unspecified atom stereocenters. The Hall–Kier alpha value is -5.07. The molecule has 1 amide bonds. The topological polar surface area (TPSA) is 175 Å². The van der Waals surface area contributed by atoms with Crippen molar-refractivity contribution in [3.05, 3.63) is 95.9 Å². The molecule has 0 saturated heterocycles. The van der Waals surface area contributed by atoms with Crippen LogP contribution in [-0.4, -0.2) is 64.4 Å². The number of esters is 2. The zero-order valence-corrected chi connectivity index (χ0v) is 32.8. The highest BCUT2D eigenvalue weighted by atomic mass is 19.1. The van der Waals surface area contributed by atoms with E-state index in [1.165, 1.54) is 12.2 Å². The Morgan fingerprint density at radius 2 is 1.74 bits per heavy atom. The first-order valence-corrected chi connectivity index (χ1v) is 20.4. The number of Topliss-reactive ketones (excluding diaryl/α,β-unsaturated/α-hetero) is 1. The highest BCUT2D eigenvalue weighted by Gasteiger charge is 2.70. The van der Waals surface area contributed by atoms with Gasteiger partial charge in [-0.2, -0.15) is 0 Å². The summed E-state index contributed by atoms with van der Waals surface area (Å²) in [5, 5.41) is 16.4. The molecule has 10 atom stereocenters. The summed E-state index contributed by atoms with van der Waals surface area (Å²) >= 11 is 0. The highest BCUT2D eigenvalue weighted by molar-refractivity contribution is 6.01.